The van der Waals surface area contributed by atoms with Crippen molar-refractivity contribution in [2.24, 2.45) is 0 Å². The van der Waals surface area contributed by atoms with Crippen molar-refractivity contribution < 1.29 is 14.3 Å². The molecule has 2 unspecified atom stereocenters. The van der Waals surface area contributed by atoms with E-state index in [0.29, 0.717) is 23.5 Å². The molecule has 0 radical (unpaired) electrons. The highest BCUT2D eigenvalue weighted by Gasteiger charge is 2.26. The van der Waals surface area contributed by atoms with E-state index in [-0.39, 0.29) is 5.97 Å². The van der Waals surface area contributed by atoms with Crippen molar-refractivity contribution in [1.82, 2.24) is 0 Å². The zero-order valence-electron chi connectivity index (χ0n) is 19.2. The van der Waals surface area contributed by atoms with Crippen molar-refractivity contribution in [2.45, 2.75) is 38.2 Å². The van der Waals surface area contributed by atoms with Gasteiger partial charge in [-0.1, -0.05) is 92.6 Å². The lowest BCUT2D eigenvalue weighted by Crippen LogP contribution is -2.19. The first-order chi connectivity index (χ1) is 16.7. The Morgan fingerprint density at radius 2 is 1.56 bits per heavy atom. The van der Waals surface area contributed by atoms with Gasteiger partial charge in [-0.3, -0.25) is 4.79 Å². The third-order valence-electron chi connectivity index (χ3n) is 5.80. The van der Waals surface area contributed by atoms with Crippen molar-refractivity contribution in [2.75, 3.05) is 0 Å². The van der Waals surface area contributed by atoms with Gasteiger partial charge >= 0.3 is 5.97 Å². The molecule has 0 saturated carbocycles. The summed E-state index contributed by atoms with van der Waals surface area (Å²) in [5, 5.41) is 12.0. The number of hydrogen-bond donors (Lipinski definition) is 0. The fourth-order valence-corrected chi connectivity index (χ4v) is 3.99. The number of rotatable bonds is 9. The van der Waals surface area contributed by atoms with E-state index in [4.69, 9.17) is 9.47 Å². The summed E-state index contributed by atoms with van der Waals surface area (Å²) in [6.07, 6.45) is 1.52. The molecule has 0 aromatic heterocycles. The van der Waals surface area contributed by atoms with E-state index >= 15 is 0 Å². The number of unbranched alkanes of at least 4 members (excludes halogenated alkanes) is 1. The first-order valence-electron chi connectivity index (χ1n) is 11.6. The van der Waals surface area contributed by atoms with Crippen LogP contribution in [0.2, 0.25) is 0 Å². The topological polar surface area (TPSA) is 59.3 Å². The molecule has 4 nitrogen and oxygen atoms in total. The van der Waals surface area contributed by atoms with E-state index in [9.17, 15) is 10.1 Å². The number of ether oxygens (including phenoxy) is 2. The maximum atomic E-state index is 13.3. The zero-order chi connectivity index (χ0) is 23.8. The van der Waals surface area contributed by atoms with Gasteiger partial charge in [0.15, 0.2) is 0 Å². The highest BCUT2D eigenvalue weighted by molar-refractivity contribution is 5.86. The Hall–Kier alpha value is -4.10. The fourth-order valence-electron chi connectivity index (χ4n) is 3.99. The average Bonchev–Trinajstić information content (AvgIpc) is 2.88. The molecule has 0 fully saturated rings. The van der Waals surface area contributed by atoms with E-state index < -0.39 is 12.0 Å². The van der Waals surface area contributed by atoms with Gasteiger partial charge in [-0.05, 0) is 47.0 Å². The molecular formula is C30H27NO3. The molecule has 4 aromatic carbocycles. The van der Waals surface area contributed by atoms with E-state index in [1.165, 1.54) is 0 Å². The summed E-state index contributed by atoms with van der Waals surface area (Å²) < 4.78 is 11.6. The summed E-state index contributed by atoms with van der Waals surface area (Å²) in [4.78, 5) is 13.3. The van der Waals surface area contributed by atoms with Gasteiger partial charge in [0.2, 0.25) is 6.10 Å². The number of para-hydroxylation sites is 1. The number of fused-ring (bicyclic) bond motifs is 1. The third kappa shape index (κ3) is 5.63. The predicted octanol–water partition coefficient (Wildman–Crippen LogP) is 7.71. The SMILES string of the molecule is CCCCC(C(=O)OC(C#N)c1cccc(Oc2ccccc2)c1)c1ccc2ccccc2c1. The van der Waals surface area contributed by atoms with Gasteiger partial charge in [0, 0.05) is 5.56 Å². The number of nitrogens with zero attached hydrogens (tertiary/aromatic N) is 1. The first kappa shape index (κ1) is 23.1. The maximum Gasteiger partial charge on any atom is 0.315 e. The minimum absolute atomic E-state index is 0.385. The second-order valence-corrected chi connectivity index (χ2v) is 8.24. The molecular weight excluding hydrogens is 422 g/mol. The van der Waals surface area contributed by atoms with Crippen molar-refractivity contribution in [1.29, 1.82) is 5.26 Å². The van der Waals surface area contributed by atoms with Crippen LogP contribution in [0.15, 0.2) is 97.1 Å². The molecule has 0 spiro atoms. The Morgan fingerprint density at radius 3 is 2.32 bits per heavy atom. The summed E-state index contributed by atoms with van der Waals surface area (Å²) >= 11 is 0. The molecule has 0 heterocycles. The quantitative estimate of drug-likeness (QED) is 0.246. The maximum absolute atomic E-state index is 13.3. The molecule has 170 valence electrons. The van der Waals surface area contributed by atoms with Crippen LogP contribution in [0.4, 0.5) is 0 Å². The molecule has 34 heavy (non-hydrogen) atoms. The van der Waals surface area contributed by atoms with Gasteiger partial charge in [0.25, 0.3) is 0 Å². The van der Waals surface area contributed by atoms with Gasteiger partial charge in [-0.15, -0.1) is 0 Å². The van der Waals surface area contributed by atoms with Gasteiger partial charge in [-0.2, -0.15) is 5.26 Å². The molecule has 0 aliphatic carbocycles. The van der Waals surface area contributed by atoms with Gasteiger partial charge in [0.1, 0.15) is 17.6 Å². The van der Waals surface area contributed by atoms with Crippen LogP contribution in [0.3, 0.4) is 0 Å². The average molecular weight is 450 g/mol. The fraction of sp³-hybridized carbons (Fsp3) is 0.200. The Bertz CT molecular complexity index is 1290. The molecule has 4 aromatic rings. The van der Waals surface area contributed by atoms with Crippen molar-refractivity contribution in [3.05, 3.63) is 108 Å². The summed E-state index contributed by atoms with van der Waals surface area (Å²) in [7, 11) is 0. The van der Waals surface area contributed by atoms with E-state index in [1.807, 2.05) is 72.8 Å². The van der Waals surface area contributed by atoms with Crippen molar-refractivity contribution >= 4 is 16.7 Å². The lowest BCUT2D eigenvalue weighted by Gasteiger charge is -2.19. The monoisotopic (exact) mass is 449 g/mol. The normalized spacial score (nSPS) is 12.5. The Morgan fingerprint density at radius 1 is 0.824 bits per heavy atom. The van der Waals surface area contributed by atoms with E-state index in [0.717, 1.165) is 29.2 Å². The molecule has 0 N–H and O–H groups in total. The lowest BCUT2D eigenvalue weighted by atomic mass is 9.92. The van der Waals surface area contributed by atoms with Crippen LogP contribution < -0.4 is 4.74 Å². The molecule has 0 aliphatic heterocycles. The van der Waals surface area contributed by atoms with Crippen molar-refractivity contribution in [3.63, 3.8) is 0 Å². The number of carbonyl (C=O) groups excluding carboxylic acids is 1. The number of hydrogen-bond acceptors (Lipinski definition) is 4. The van der Waals surface area contributed by atoms with E-state index in [1.54, 1.807) is 18.2 Å². The second kappa shape index (κ2) is 11.2. The van der Waals surface area contributed by atoms with Crippen LogP contribution in [0, 0.1) is 11.3 Å². The second-order valence-electron chi connectivity index (χ2n) is 8.24. The van der Waals surface area contributed by atoms with Gasteiger partial charge in [0.05, 0.1) is 5.92 Å². The molecule has 0 aliphatic rings. The number of benzene rings is 4. The summed E-state index contributed by atoms with van der Waals surface area (Å²) in [5.74, 6) is 0.465. The Balaban J connectivity index is 1.55. The van der Waals surface area contributed by atoms with E-state index in [2.05, 4.69) is 19.1 Å². The number of carbonyl (C=O) groups is 1. The summed E-state index contributed by atoms with van der Waals surface area (Å²) in [6, 6.07) is 32.8. The Kier molecular flexibility index (Phi) is 7.57. The highest BCUT2D eigenvalue weighted by Crippen LogP contribution is 2.31. The summed E-state index contributed by atoms with van der Waals surface area (Å²) in [5.41, 5.74) is 1.49. The molecule has 0 amide bonds. The van der Waals surface area contributed by atoms with Crippen LogP contribution in [-0.2, 0) is 9.53 Å². The predicted molar refractivity (Wildman–Crippen MR) is 134 cm³/mol. The molecule has 0 saturated heterocycles. The van der Waals surface area contributed by atoms with Crippen LogP contribution in [0.1, 0.15) is 49.3 Å². The van der Waals surface area contributed by atoms with Gasteiger partial charge < -0.3 is 9.47 Å². The molecule has 4 heteroatoms. The standard InChI is InChI=1S/C30H27NO3/c1-2-3-16-28(24-18-17-22-10-7-8-11-23(22)19-24)30(32)34-29(21-31)25-12-9-15-27(20-25)33-26-13-5-4-6-14-26/h4-15,17-20,28-29H,2-3,16H2,1H3. The minimum Gasteiger partial charge on any atom is -0.457 e. The molecule has 2 atom stereocenters. The highest BCUT2D eigenvalue weighted by atomic mass is 16.5. The Labute approximate surface area is 200 Å². The first-order valence-corrected chi connectivity index (χ1v) is 11.6. The van der Waals surface area contributed by atoms with Crippen LogP contribution >= 0.6 is 0 Å². The van der Waals surface area contributed by atoms with Crippen molar-refractivity contribution in [3.8, 4) is 17.6 Å². The van der Waals surface area contributed by atoms with Crippen LogP contribution in [0.5, 0.6) is 11.5 Å². The van der Waals surface area contributed by atoms with Gasteiger partial charge in [-0.25, -0.2) is 0 Å². The smallest absolute Gasteiger partial charge is 0.315 e. The van der Waals surface area contributed by atoms with Crippen LogP contribution in [-0.4, -0.2) is 5.97 Å². The lowest BCUT2D eigenvalue weighted by molar-refractivity contribution is -0.149. The summed E-state index contributed by atoms with van der Waals surface area (Å²) in [6.45, 7) is 2.10. The largest absolute Gasteiger partial charge is 0.457 e. The third-order valence-corrected chi connectivity index (χ3v) is 5.80. The molecule has 4 rings (SSSR count). The number of esters is 1. The minimum atomic E-state index is -1.02. The molecule has 0 bridgehead atoms. The zero-order valence-corrected chi connectivity index (χ0v) is 19.2. The van der Waals surface area contributed by atoms with Crippen LogP contribution in [0.25, 0.3) is 10.8 Å². The number of nitriles is 1.